The van der Waals surface area contributed by atoms with Gasteiger partial charge in [-0.25, -0.2) is 10.8 Å². The molecule has 1 aromatic carbocycles. The highest BCUT2D eigenvalue weighted by atomic mass is 16.5. The number of benzene rings is 1. The van der Waals surface area contributed by atoms with E-state index in [9.17, 15) is 0 Å². The Bertz CT molecular complexity index is 563. The van der Waals surface area contributed by atoms with Gasteiger partial charge >= 0.3 is 0 Å². The van der Waals surface area contributed by atoms with Crippen LogP contribution in [0.2, 0.25) is 0 Å². The number of anilines is 1. The summed E-state index contributed by atoms with van der Waals surface area (Å²) in [6.45, 7) is 6.42. The van der Waals surface area contributed by atoms with Crippen molar-refractivity contribution in [2.24, 2.45) is 5.84 Å². The molecule has 1 aromatic heterocycles. The van der Waals surface area contributed by atoms with Crippen LogP contribution < -0.4 is 16.0 Å². The molecule has 0 fully saturated rings. The van der Waals surface area contributed by atoms with Gasteiger partial charge in [-0.15, -0.1) is 0 Å². The molecule has 0 spiro atoms. The first-order valence-electron chi connectivity index (χ1n) is 6.08. The molecule has 0 bridgehead atoms. The molecule has 0 aliphatic rings. The minimum absolute atomic E-state index is 0.00142. The number of para-hydroxylation sites is 1. The van der Waals surface area contributed by atoms with Crippen LogP contribution in [0.4, 0.5) is 5.95 Å². The third kappa shape index (κ3) is 3.20. The zero-order valence-electron chi connectivity index (χ0n) is 11.3. The fraction of sp³-hybridized carbons (Fsp3) is 0.286. The molecule has 2 aromatic rings. The molecule has 5 heteroatoms. The number of nitrogens with one attached hydrogen (secondary N) is 1. The smallest absolute Gasteiger partial charge is 0.240 e. The Morgan fingerprint density at radius 1 is 1.16 bits per heavy atom. The van der Waals surface area contributed by atoms with E-state index in [1.54, 1.807) is 12.3 Å². The minimum Gasteiger partial charge on any atom is -0.439 e. The molecule has 0 amide bonds. The van der Waals surface area contributed by atoms with E-state index < -0.39 is 0 Å². The van der Waals surface area contributed by atoms with Crippen LogP contribution in [-0.2, 0) is 5.41 Å². The highest BCUT2D eigenvalue weighted by Gasteiger charge is 2.19. The number of aromatic nitrogens is 2. The van der Waals surface area contributed by atoms with Crippen molar-refractivity contribution in [1.82, 2.24) is 9.97 Å². The van der Waals surface area contributed by atoms with Crippen LogP contribution >= 0.6 is 0 Å². The first kappa shape index (κ1) is 13.3. The zero-order valence-corrected chi connectivity index (χ0v) is 11.3. The molecule has 5 nitrogen and oxygen atoms in total. The lowest BCUT2D eigenvalue weighted by Crippen LogP contribution is -2.13. The predicted molar refractivity (Wildman–Crippen MR) is 75.1 cm³/mol. The summed E-state index contributed by atoms with van der Waals surface area (Å²) in [5, 5.41) is 0. The number of nitrogen functional groups attached to an aromatic ring is 1. The third-order valence-corrected chi connectivity index (χ3v) is 2.67. The maximum absolute atomic E-state index is 5.83. The van der Waals surface area contributed by atoms with Gasteiger partial charge in [0, 0.05) is 17.8 Å². The molecular weight excluding hydrogens is 240 g/mol. The number of rotatable bonds is 3. The van der Waals surface area contributed by atoms with E-state index in [0.29, 0.717) is 11.8 Å². The molecule has 0 unspecified atom stereocenters. The molecule has 2 rings (SSSR count). The van der Waals surface area contributed by atoms with Gasteiger partial charge in [-0.3, -0.25) is 5.43 Å². The molecule has 1 heterocycles. The van der Waals surface area contributed by atoms with Crippen molar-refractivity contribution in [2.75, 3.05) is 5.43 Å². The molecule has 100 valence electrons. The molecule has 0 saturated carbocycles. The number of nitrogens with zero attached hydrogens (tertiary/aromatic N) is 2. The number of nitrogens with two attached hydrogens (primary N) is 1. The van der Waals surface area contributed by atoms with Crippen molar-refractivity contribution in [1.29, 1.82) is 0 Å². The van der Waals surface area contributed by atoms with E-state index in [2.05, 4.69) is 42.2 Å². The van der Waals surface area contributed by atoms with Crippen LogP contribution in [-0.4, -0.2) is 9.97 Å². The van der Waals surface area contributed by atoms with Gasteiger partial charge in [-0.1, -0.05) is 39.0 Å². The second-order valence-electron chi connectivity index (χ2n) is 5.21. The predicted octanol–water partition coefficient (Wildman–Crippen LogP) is 2.85. The highest BCUT2D eigenvalue weighted by Crippen LogP contribution is 2.33. The second-order valence-corrected chi connectivity index (χ2v) is 5.21. The van der Waals surface area contributed by atoms with Gasteiger partial charge in [0.05, 0.1) is 0 Å². The Balaban J connectivity index is 2.33. The summed E-state index contributed by atoms with van der Waals surface area (Å²) in [6.07, 6.45) is 1.59. The van der Waals surface area contributed by atoms with E-state index in [1.807, 2.05) is 18.2 Å². The molecule has 3 N–H and O–H groups in total. The number of hydrogen-bond acceptors (Lipinski definition) is 5. The maximum atomic E-state index is 5.83. The average Bonchev–Trinajstić information content (AvgIpc) is 2.38. The topological polar surface area (TPSA) is 73.1 Å². The molecule has 0 aliphatic carbocycles. The standard InChI is InChI=1S/C14H18N4O/c1-14(2,3)10-6-4-5-7-11(10)19-12-8-9-16-13(17-12)18-15/h4-9H,15H2,1-3H3,(H,16,17,18). The summed E-state index contributed by atoms with van der Waals surface area (Å²) in [7, 11) is 0. The molecule has 0 aliphatic heterocycles. The summed E-state index contributed by atoms with van der Waals surface area (Å²) < 4.78 is 5.83. The Kier molecular flexibility index (Phi) is 3.66. The van der Waals surface area contributed by atoms with E-state index >= 15 is 0 Å². The monoisotopic (exact) mass is 258 g/mol. The van der Waals surface area contributed by atoms with Gasteiger partial charge in [0.25, 0.3) is 0 Å². The van der Waals surface area contributed by atoms with Crippen LogP contribution in [0.5, 0.6) is 11.6 Å². The van der Waals surface area contributed by atoms with Crippen LogP contribution in [0.15, 0.2) is 36.5 Å². The molecule has 0 radical (unpaired) electrons. The van der Waals surface area contributed by atoms with Crippen LogP contribution in [0, 0.1) is 0 Å². The van der Waals surface area contributed by atoms with Crippen molar-refractivity contribution in [3.63, 3.8) is 0 Å². The minimum atomic E-state index is -0.00142. The van der Waals surface area contributed by atoms with Crippen LogP contribution in [0.3, 0.4) is 0 Å². The summed E-state index contributed by atoms with van der Waals surface area (Å²) in [5.41, 5.74) is 3.52. The zero-order chi connectivity index (χ0) is 13.9. The SMILES string of the molecule is CC(C)(C)c1ccccc1Oc1ccnc(NN)n1. The van der Waals surface area contributed by atoms with Crippen molar-refractivity contribution in [2.45, 2.75) is 26.2 Å². The summed E-state index contributed by atoms with van der Waals surface area (Å²) in [6, 6.07) is 9.62. The summed E-state index contributed by atoms with van der Waals surface area (Å²) >= 11 is 0. The Hall–Kier alpha value is -2.14. The van der Waals surface area contributed by atoms with E-state index in [1.165, 1.54) is 0 Å². The lowest BCUT2D eigenvalue weighted by Gasteiger charge is -2.22. The molecular formula is C14H18N4O. The van der Waals surface area contributed by atoms with Gasteiger partial charge in [0.1, 0.15) is 5.75 Å². The highest BCUT2D eigenvalue weighted by molar-refractivity contribution is 5.40. The van der Waals surface area contributed by atoms with E-state index in [0.717, 1.165) is 11.3 Å². The second kappa shape index (κ2) is 5.24. The maximum Gasteiger partial charge on any atom is 0.240 e. The van der Waals surface area contributed by atoms with Gasteiger partial charge in [-0.05, 0) is 11.5 Å². The van der Waals surface area contributed by atoms with Gasteiger partial charge in [0.15, 0.2) is 0 Å². The number of hydrazine groups is 1. The Morgan fingerprint density at radius 2 is 1.89 bits per heavy atom. The normalized spacial score (nSPS) is 11.2. The van der Waals surface area contributed by atoms with Gasteiger partial charge in [-0.2, -0.15) is 4.98 Å². The van der Waals surface area contributed by atoms with Crippen molar-refractivity contribution >= 4 is 5.95 Å². The lowest BCUT2D eigenvalue weighted by atomic mass is 9.86. The van der Waals surface area contributed by atoms with Gasteiger partial charge in [0.2, 0.25) is 11.8 Å². The Labute approximate surface area is 112 Å². The van der Waals surface area contributed by atoms with Crippen molar-refractivity contribution in [3.05, 3.63) is 42.1 Å². The summed E-state index contributed by atoms with van der Waals surface area (Å²) in [4.78, 5) is 8.08. The molecule has 0 atom stereocenters. The van der Waals surface area contributed by atoms with E-state index in [4.69, 9.17) is 10.6 Å². The average molecular weight is 258 g/mol. The number of hydrogen-bond donors (Lipinski definition) is 2. The summed E-state index contributed by atoms with van der Waals surface area (Å²) in [5.74, 6) is 6.85. The van der Waals surface area contributed by atoms with Crippen molar-refractivity contribution < 1.29 is 4.74 Å². The van der Waals surface area contributed by atoms with Crippen molar-refractivity contribution in [3.8, 4) is 11.6 Å². The molecule has 0 saturated heterocycles. The lowest BCUT2D eigenvalue weighted by molar-refractivity contribution is 0.439. The third-order valence-electron chi connectivity index (χ3n) is 2.67. The molecule has 19 heavy (non-hydrogen) atoms. The van der Waals surface area contributed by atoms with Crippen LogP contribution in [0.25, 0.3) is 0 Å². The fourth-order valence-electron chi connectivity index (χ4n) is 1.76. The fourth-order valence-corrected chi connectivity index (χ4v) is 1.76. The quantitative estimate of drug-likeness (QED) is 0.654. The first-order valence-corrected chi connectivity index (χ1v) is 6.08. The van der Waals surface area contributed by atoms with Gasteiger partial charge < -0.3 is 4.74 Å². The number of ether oxygens (including phenoxy) is 1. The van der Waals surface area contributed by atoms with Crippen LogP contribution in [0.1, 0.15) is 26.3 Å². The Morgan fingerprint density at radius 3 is 2.58 bits per heavy atom. The first-order chi connectivity index (χ1) is 9.00. The largest absolute Gasteiger partial charge is 0.439 e. The van der Waals surface area contributed by atoms with E-state index in [-0.39, 0.29) is 5.41 Å².